The van der Waals surface area contributed by atoms with Gasteiger partial charge < -0.3 is 5.32 Å². The number of nitrogens with one attached hydrogen (secondary N) is 1. The summed E-state index contributed by atoms with van der Waals surface area (Å²) in [5.74, 6) is 0.139. The number of anilines is 1. The van der Waals surface area contributed by atoms with Gasteiger partial charge in [0.15, 0.2) is 5.78 Å². The van der Waals surface area contributed by atoms with E-state index in [1.165, 1.54) is 5.56 Å². The van der Waals surface area contributed by atoms with E-state index in [9.17, 15) is 4.79 Å². The Morgan fingerprint density at radius 2 is 1.46 bits per heavy atom. The fourth-order valence-electron chi connectivity index (χ4n) is 2.71. The van der Waals surface area contributed by atoms with Crippen LogP contribution in [0.5, 0.6) is 0 Å². The van der Waals surface area contributed by atoms with E-state index in [2.05, 4.69) is 17.4 Å². The molecule has 3 aromatic rings. The van der Waals surface area contributed by atoms with E-state index >= 15 is 0 Å². The summed E-state index contributed by atoms with van der Waals surface area (Å²) in [6, 6.07) is 26.1. The van der Waals surface area contributed by atoms with Gasteiger partial charge in [0.1, 0.15) is 0 Å². The summed E-state index contributed by atoms with van der Waals surface area (Å²) in [4.78, 5) is 12.8. The topological polar surface area (TPSA) is 29.1 Å². The maximum atomic E-state index is 12.8. The molecule has 0 atom stereocenters. The summed E-state index contributed by atoms with van der Waals surface area (Å²) in [6.07, 6.45) is 0.421. The van der Waals surface area contributed by atoms with Crippen LogP contribution in [0.1, 0.15) is 27.0 Å². The largest absolute Gasteiger partial charge is 0.380 e. The second kappa shape index (κ2) is 7.60. The molecule has 0 saturated carbocycles. The normalized spacial score (nSPS) is 10.4. The molecule has 3 aromatic carbocycles. The van der Waals surface area contributed by atoms with E-state index < -0.39 is 0 Å². The Bertz CT molecular complexity index is 810. The Balaban J connectivity index is 1.79. The summed E-state index contributed by atoms with van der Waals surface area (Å²) >= 11 is 0. The molecule has 0 radical (unpaired) electrons. The number of aryl methyl sites for hydroxylation is 1. The van der Waals surface area contributed by atoms with Crippen LogP contribution in [0.2, 0.25) is 0 Å². The highest BCUT2D eigenvalue weighted by molar-refractivity contribution is 6.02. The Hall–Kier alpha value is -2.87. The number of hydrogen-bond donors (Lipinski definition) is 1. The molecule has 0 unspecified atom stereocenters. The molecule has 0 spiro atoms. The van der Waals surface area contributed by atoms with Crippen molar-refractivity contribution < 1.29 is 4.79 Å². The van der Waals surface area contributed by atoms with E-state index in [0.29, 0.717) is 13.0 Å². The van der Waals surface area contributed by atoms with Crippen LogP contribution in [-0.4, -0.2) is 5.78 Å². The number of carbonyl (C=O) groups excluding carboxylic acids is 1. The van der Waals surface area contributed by atoms with Crippen LogP contribution in [0.3, 0.4) is 0 Å². The number of Topliss-reactive ketones (excluding diaryl/α,β-unsaturated/α-hetero) is 1. The molecule has 3 rings (SSSR count). The standard InChI is InChI=1S/C22H21NO/c1-17-12-13-21(23-16-19-10-6-3-7-11-19)20(14-17)22(24)15-18-8-4-2-5-9-18/h2-14,23H,15-16H2,1H3. The molecule has 0 bridgehead atoms. The smallest absolute Gasteiger partial charge is 0.169 e. The second-order valence-electron chi connectivity index (χ2n) is 5.97. The fraction of sp³-hybridized carbons (Fsp3) is 0.136. The Morgan fingerprint density at radius 3 is 2.12 bits per heavy atom. The number of carbonyl (C=O) groups is 1. The Morgan fingerprint density at radius 1 is 0.833 bits per heavy atom. The van der Waals surface area contributed by atoms with Crippen LogP contribution >= 0.6 is 0 Å². The average molecular weight is 315 g/mol. The highest BCUT2D eigenvalue weighted by Gasteiger charge is 2.12. The van der Waals surface area contributed by atoms with Crippen LogP contribution in [0.4, 0.5) is 5.69 Å². The van der Waals surface area contributed by atoms with Gasteiger partial charge in [0.25, 0.3) is 0 Å². The molecule has 120 valence electrons. The highest BCUT2D eigenvalue weighted by Crippen LogP contribution is 2.20. The third-order valence-electron chi connectivity index (χ3n) is 4.01. The van der Waals surface area contributed by atoms with Crippen molar-refractivity contribution in [1.82, 2.24) is 0 Å². The van der Waals surface area contributed by atoms with Gasteiger partial charge in [-0.05, 0) is 30.2 Å². The quantitative estimate of drug-likeness (QED) is 0.646. The lowest BCUT2D eigenvalue weighted by molar-refractivity contribution is 0.0993. The molecule has 0 heterocycles. The Labute approximate surface area is 143 Å². The van der Waals surface area contributed by atoms with E-state index in [1.54, 1.807) is 0 Å². The molecule has 0 aliphatic carbocycles. The summed E-state index contributed by atoms with van der Waals surface area (Å²) in [6.45, 7) is 2.72. The predicted molar refractivity (Wildman–Crippen MR) is 99.4 cm³/mol. The molecule has 0 aromatic heterocycles. The van der Waals surface area contributed by atoms with Gasteiger partial charge in [-0.25, -0.2) is 0 Å². The lowest BCUT2D eigenvalue weighted by Gasteiger charge is -2.13. The minimum absolute atomic E-state index is 0.139. The van der Waals surface area contributed by atoms with Crippen LogP contribution < -0.4 is 5.32 Å². The van der Waals surface area contributed by atoms with Crippen LogP contribution in [0, 0.1) is 6.92 Å². The van der Waals surface area contributed by atoms with Crippen LogP contribution in [0.15, 0.2) is 78.9 Å². The van der Waals surface area contributed by atoms with Gasteiger partial charge in [-0.2, -0.15) is 0 Å². The van der Waals surface area contributed by atoms with E-state index in [1.807, 2.05) is 73.7 Å². The lowest BCUT2D eigenvalue weighted by Crippen LogP contribution is -2.09. The molecule has 0 aliphatic rings. The number of benzene rings is 3. The lowest BCUT2D eigenvalue weighted by atomic mass is 9.99. The molecule has 24 heavy (non-hydrogen) atoms. The number of ketones is 1. The van der Waals surface area contributed by atoms with Gasteiger partial charge in [-0.15, -0.1) is 0 Å². The highest BCUT2D eigenvalue weighted by atomic mass is 16.1. The maximum absolute atomic E-state index is 12.8. The van der Waals surface area contributed by atoms with E-state index in [0.717, 1.165) is 22.4 Å². The average Bonchev–Trinajstić information content (AvgIpc) is 2.62. The van der Waals surface area contributed by atoms with Gasteiger partial charge in [0.05, 0.1) is 0 Å². The van der Waals surface area contributed by atoms with Crippen molar-refractivity contribution in [3.63, 3.8) is 0 Å². The van der Waals surface area contributed by atoms with Crippen molar-refractivity contribution in [2.45, 2.75) is 19.9 Å². The zero-order chi connectivity index (χ0) is 16.8. The first kappa shape index (κ1) is 16.0. The number of hydrogen-bond acceptors (Lipinski definition) is 2. The zero-order valence-electron chi connectivity index (χ0n) is 13.8. The zero-order valence-corrected chi connectivity index (χ0v) is 13.8. The minimum Gasteiger partial charge on any atom is -0.380 e. The molecule has 0 aliphatic heterocycles. The minimum atomic E-state index is 0.139. The van der Waals surface area contributed by atoms with Crippen molar-refractivity contribution in [2.24, 2.45) is 0 Å². The fourth-order valence-corrected chi connectivity index (χ4v) is 2.71. The summed E-state index contributed by atoms with van der Waals surface area (Å²) in [7, 11) is 0. The predicted octanol–water partition coefficient (Wildman–Crippen LogP) is 5.03. The first-order valence-corrected chi connectivity index (χ1v) is 8.18. The molecular formula is C22H21NO. The Kier molecular flexibility index (Phi) is 5.07. The van der Waals surface area contributed by atoms with Crippen molar-refractivity contribution in [3.8, 4) is 0 Å². The summed E-state index contributed by atoms with van der Waals surface area (Å²) < 4.78 is 0. The molecule has 1 N–H and O–H groups in total. The molecule has 0 amide bonds. The molecule has 2 heteroatoms. The van der Waals surface area contributed by atoms with Gasteiger partial charge in [-0.3, -0.25) is 4.79 Å². The third kappa shape index (κ3) is 4.11. The van der Waals surface area contributed by atoms with E-state index in [4.69, 9.17) is 0 Å². The molecule has 0 fully saturated rings. The molecule has 0 saturated heterocycles. The first-order valence-electron chi connectivity index (χ1n) is 8.18. The summed E-state index contributed by atoms with van der Waals surface area (Å²) in [5, 5.41) is 3.40. The van der Waals surface area contributed by atoms with Crippen molar-refractivity contribution >= 4 is 11.5 Å². The van der Waals surface area contributed by atoms with Gasteiger partial charge >= 0.3 is 0 Å². The van der Waals surface area contributed by atoms with Crippen LogP contribution in [-0.2, 0) is 13.0 Å². The molecule has 2 nitrogen and oxygen atoms in total. The van der Waals surface area contributed by atoms with Crippen LogP contribution in [0.25, 0.3) is 0 Å². The number of rotatable bonds is 6. The van der Waals surface area contributed by atoms with Crippen molar-refractivity contribution in [3.05, 3.63) is 101 Å². The third-order valence-corrected chi connectivity index (χ3v) is 4.01. The van der Waals surface area contributed by atoms with Crippen molar-refractivity contribution in [1.29, 1.82) is 0 Å². The maximum Gasteiger partial charge on any atom is 0.169 e. The molecular weight excluding hydrogens is 294 g/mol. The SMILES string of the molecule is Cc1ccc(NCc2ccccc2)c(C(=O)Cc2ccccc2)c1. The van der Waals surface area contributed by atoms with Crippen molar-refractivity contribution in [2.75, 3.05) is 5.32 Å². The monoisotopic (exact) mass is 315 g/mol. The second-order valence-corrected chi connectivity index (χ2v) is 5.97. The van der Waals surface area contributed by atoms with Gasteiger partial charge in [0.2, 0.25) is 0 Å². The van der Waals surface area contributed by atoms with E-state index in [-0.39, 0.29) is 5.78 Å². The summed E-state index contributed by atoms with van der Waals surface area (Å²) in [5.41, 5.74) is 4.98. The first-order chi connectivity index (χ1) is 11.7. The van der Waals surface area contributed by atoms with Gasteiger partial charge in [-0.1, -0.05) is 72.3 Å². The van der Waals surface area contributed by atoms with Gasteiger partial charge in [0, 0.05) is 24.2 Å².